The molecule has 12 heavy (non-hydrogen) atoms. The normalized spacial score (nSPS) is 11.6. The minimum absolute atomic E-state index is 0.468. The molecule has 0 aliphatic carbocycles. The van der Waals surface area contributed by atoms with E-state index >= 15 is 0 Å². The van der Waals surface area contributed by atoms with Gasteiger partial charge in [0.05, 0.1) is 0 Å². The van der Waals surface area contributed by atoms with E-state index in [0.29, 0.717) is 0 Å². The summed E-state index contributed by atoms with van der Waals surface area (Å²) in [6.45, 7) is 0. The fourth-order valence-corrected chi connectivity index (χ4v) is 2.18. The van der Waals surface area contributed by atoms with Crippen LogP contribution in [0.5, 0.6) is 0 Å². The molecule has 66 valence electrons. The van der Waals surface area contributed by atoms with Crippen molar-refractivity contribution < 1.29 is 12.8 Å². The fourth-order valence-electron chi connectivity index (χ4n) is 0.618. The summed E-state index contributed by atoms with van der Waals surface area (Å²) >= 11 is 5.30. The van der Waals surface area contributed by atoms with E-state index in [4.69, 9.17) is 22.3 Å². The molecular weight excluding hydrogens is 228 g/mol. The van der Waals surface area contributed by atoms with Crippen LogP contribution >= 0.6 is 22.3 Å². The first-order valence-electron chi connectivity index (χ1n) is 2.67. The lowest BCUT2D eigenvalue weighted by Gasteiger charge is -1.98. The predicted molar refractivity (Wildman–Crippen MR) is 42.2 cm³/mol. The Kier molecular flexibility index (Phi) is 2.55. The molecule has 0 atom stereocenters. The SMILES string of the molecule is O=S(=O)(Cl)c1c(F)ccnc1Cl. The van der Waals surface area contributed by atoms with Gasteiger partial charge in [0.25, 0.3) is 9.05 Å². The number of nitrogens with zero attached hydrogens (tertiary/aromatic N) is 1. The Morgan fingerprint density at radius 2 is 2.08 bits per heavy atom. The first kappa shape index (κ1) is 9.70. The van der Waals surface area contributed by atoms with Crippen LogP contribution in [0.3, 0.4) is 0 Å². The van der Waals surface area contributed by atoms with Crippen LogP contribution in [0.2, 0.25) is 5.15 Å². The topological polar surface area (TPSA) is 47.0 Å². The summed E-state index contributed by atoms with van der Waals surface area (Å²) in [5.41, 5.74) is 0. The first-order chi connectivity index (χ1) is 5.43. The maximum absolute atomic E-state index is 12.8. The maximum atomic E-state index is 12.8. The Hall–Kier alpha value is -0.390. The quantitative estimate of drug-likeness (QED) is 0.545. The summed E-state index contributed by atoms with van der Waals surface area (Å²) < 4.78 is 34.1. The van der Waals surface area contributed by atoms with Crippen molar-refractivity contribution >= 4 is 31.3 Å². The fraction of sp³-hybridized carbons (Fsp3) is 0. The van der Waals surface area contributed by atoms with Gasteiger partial charge in [0.15, 0.2) is 10.0 Å². The second-order valence-electron chi connectivity index (χ2n) is 1.85. The van der Waals surface area contributed by atoms with Crippen LogP contribution in [0.25, 0.3) is 0 Å². The molecular formula is C5H2Cl2FNO2S. The van der Waals surface area contributed by atoms with Crippen LogP contribution in [0.4, 0.5) is 4.39 Å². The van der Waals surface area contributed by atoms with Gasteiger partial charge in [0.1, 0.15) is 5.82 Å². The van der Waals surface area contributed by atoms with Crippen molar-refractivity contribution in [2.45, 2.75) is 4.90 Å². The number of pyridine rings is 1. The summed E-state index contributed by atoms with van der Waals surface area (Å²) in [6.07, 6.45) is 1.04. The number of hydrogen-bond donors (Lipinski definition) is 0. The molecule has 7 heteroatoms. The zero-order valence-electron chi connectivity index (χ0n) is 5.46. The van der Waals surface area contributed by atoms with Crippen molar-refractivity contribution in [1.82, 2.24) is 4.98 Å². The maximum Gasteiger partial charge on any atom is 0.267 e. The number of rotatable bonds is 1. The summed E-state index contributed by atoms with van der Waals surface area (Å²) in [5.74, 6) is -1.01. The highest BCUT2D eigenvalue weighted by Gasteiger charge is 2.20. The van der Waals surface area contributed by atoms with E-state index in [-0.39, 0.29) is 0 Å². The first-order valence-corrected chi connectivity index (χ1v) is 5.36. The van der Waals surface area contributed by atoms with Crippen LogP contribution < -0.4 is 0 Å². The Bertz CT molecular complexity index is 386. The summed E-state index contributed by atoms with van der Waals surface area (Å²) in [7, 11) is 0.715. The van der Waals surface area contributed by atoms with Gasteiger partial charge in [-0.05, 0) is 6.07 Å². The second-order valence-corrected chi connectivity index (χ2v) is 4.71. The highest BCUT2D eigenvalue weighted by Crippen LogP contribution is 2.24. The third-order valence-corrected chi connectivity index (χ3v) is 2.79. The van der Waals surface area contributed by atoms with E-state index in [1.54, 1.807) is 0 Å². The van der Waals surface area contributed by atoms with Gasteiger partial charge < -0.3 is 0 Å². The van der Waals surface area contributed by atoms with Crippen LogP contribution in [-0.2, 0) is 9.05 Å². The molecule has 0 fully saturated rings. The Morgan fingerprint density at radius 3 is 2.42 bits per heavy atom. The molecule has 0 saturated heterocycles. The molecule has 0 aliphatic rings. The number of halogens is 3. The Labute approximate surface area is 77.6 Å². The average molecular weight is 230 g/mol. The molecule has 0 aromatic carbocycles. The Balaban J connectivity index is 3.53. The number of hydrogen-bond acceptors (Lipinski definition) is 3. The zero-order valence-corrected chi connectivity index (χ0v) is 7.79. The van der Waals surface area contributed by atoms with Crippen LogP contribution in [0.15, 0.2) is 17.2 Å². The standard InChI is InChI=1S/C5H2Cl2FNO2S/c6-5-4(12(7,10)11)3(8)1-2-9-5/h1-2H. The van der Waals surface area contributed by atoms with Gasteiger partial charge in [-0.3, -0.25) is 0 Å². The van der Waals surface area contributed by atoms with Crippen molar-refractivity contribution in [2.75, 3.05) is 0 Å². The molecule has 1 aromatic rings. The van der Waals surface area contributed by atoms with E-state index in [1.165, 1.54) is 0 Å². The van der Waals surface area contributed by atoms with Crippen molar-refractivity contribution in [3.63, 3.8) is 0 Å². The van der Waals surface area contributed by atoms with E-state index in [0.717, 1.165) is 12.3 Å². The molecule has 0 unspecified atom stereocenters. The molecule has 1 heterocycles. The minimum atomic E-state index is -4.16. The van der Waals surface area contributed by atoms with Gasteiger partial charge in [0.2, 0.25) is 0 Å². The average Bonchev–Trinajstić information content (AvgIpc) is 1.82. The van der Waals surface area contributed by atoms with Gasteiger partial charge in [-0.15, -0.1) is 0 Å². The summed E-state index contributed by atoms with van der Waals surface area (Å²) in [6, 6.07) is 0.862. The lowest BCUT2D eigenvalue weighted by molar-refractivity contribution is 0.573. The second kappa shape index (κ2) is 3.16. The van der Waals surface area contributed by atoms with Crippen LogP contribution in [0.1, 0.15) is 0 Å². The van der Waals surface area contributed by atoms with Crippen molar-refractivity contribution in [1.29, 1.82) is 0 Å². The third kappa shape index (κ3) is 1.85. The monoisotopic (exact) mass is 229 g/mol. The molecule has 0 N–H and O–H groups in total. The van der Waals surface area contributed by atoms with E-state index in [2.05, 4.69) is 4.98 Å². The molecule has 1 aromatic heterocycles. The highest BCUT2D eigenvalue weighted by molar-refractivity contribution is 8.13. The van der Waals surface area contributed by atoms with Gasteiger partial charge in [-0.25, -0.2) is 17.8 Å². The highest BCUT2D eigenvalue weighted by atomic mass is 35.7. The third-order valence-electron chi connectivity index (χ3n) is 1.06. The van der Waals surface area contributed by atoms with Crippen LogP contribution in [-0.4, -0.2) is 13.4 Å². The largest absolute Gasteiger partial charge is 0.267 e. The number of aromatic nitrogens is 1. The summed E-state index contributed by atoms with van der Waals surface area (Å²) in [4.78, 5) is 2.58. The zero-order chi connectivity index (χ0) is 9.35. The van der Waals surface area contributed by atoms with Crippen molar-refractivity contribution in [3.8, 4) is 0 Å². The molecule has 0 radical (unpaired) electrons. The van der Waals surface area contributed by atoms with Crippen molar-refractivity contribution in [3.05, 3.63) is 23.2 Å². The molecule has 0 saturated carbocycles. The molecule has 0 amide bonds. The van der Waals surface area contributed by atoms with Crippen molar-refractivity contribution in [2.24, 2.45) is 0 Å². The van der Waals surface area contributed by atoms with E-state index in [9.17, 15) is 12.8 Å². The smallest absolute Gasteiger partial charge is 0.243 e. The predicted octanol–water partition coefficient (Wildman–Crippen LogP) is 1.80. The Morgan fingerprint density at radius 1 is 1.50 bits per heavy atom. The van der Waals surface area contributed by atoms with Gasteiger partial charge in [-0.2, -0.15) is 0 Å². The molecule has 1 rings (SSSR count). The molecule has 0 aliphatic heterocycles. The minimum Gasteiger partial charge on any atom is -0.243 e. The summed E-state index contributed by atoms with van der Waals surface area (Å²) in [5, 5.41) is -0.468. The molecule has 0 bridgehead atoms. The van der Waals surface area contributed by atoms with Gasteiger partial charge in [-0.1, -0.05) is 11.6 Å². The van der Waals surface area contributed by atoms with Crippen LogP contribution in [0, 0.1) is 5.82 Å². The molecule has 0 spiro atoms. The van der Waals surface area contributed by atoms with E-state index in [1.807, 2.05) is 0 Å². The van der Waals surface area contributed by atoms with E-state index < -0.39 is 24.9 Å². The lowest BCUT2D eigenvalue weighted by Crippen LogP contribution is -1.97. The lowest BCUT2D eigenvalue weighted by atomic mass is 10.5. The van der Waals surface area contributed by atoms with Gasteiger partial charge >= 0.3 is 0 Å². The van der Waals surface area contributed by atoms with Gasteiger partial charge in [0, 0.05) is 16.9 Å². The molecule has 3 nitrogen and oxygen atoms in total.